The summed E-state index contributed by atoms with van der Waals surface area (Å²) in [5, 5.41) is 3.06. The SMILES string of the molecule is CS(=O)(=O)C1CCCC1Nc1ccc(-c2cnco2)cc1. The fraction of sp³-hybridized carbons (Fsp3) is 0.400. The molecule has 0 spiro atoms. The Labute approximate surface area is 124 Å². The van der Waals surface area contributed by atoms with E-state index in [9.17, 15) is 8.42 Å². The third kappa shape index (κ3) is 3.10. The lowest BCUT2D eigenvalue weighted by Gasteiger charge is -2.20. The van der Waals surface area contributed by atoms with Gasteiger partial charge >= 0.3 is 0 Å². The van der Waals surface area contributed by atoms with Crippen molar-refractivity contribution in [2.45, 2.75) is 30.6 Å². The van der Waals surface area contributed by atoms with Crippen LogP contribution in [0.3, 0.4) is 0 Å². The molecule has 0 bridgehead atoms. The molecule has 0 aliphatic heterocycles. The van der Waals surface area contributed by atoms with E-state index in [0.717, 1.165) is 36.3 Å². The van der Waals surface area contributed by atoms with Crippen LogP contribution in [-0.2, 0) is 9.84 Å². The Morgan fingerprint density at radius 2 is 2.00 bits per heavy atom. The van der Waals surface area contributed by atoms with Crippen LogP contribution in [0.4, 0.5) is 5.69 Å². The first-order valence-electron chi connectivity index (χ1n) is 6.98. The van der Waals surface area contributed by atoms with Crippen molar-refractivity contribution in [3.05, 3.63) is 36.9 Å². The number of aromatic nitrogens is 1. The summed E-state index contributed by atoms with van der Waals surface area (Å²) in [4.78, 5) is 3.89. The van der Waals surface area contributed by atoms with E-state index in [2.05, 4.69) is 10.3 Å². The molecule has 2 unspecified atom stereocenters. The number of benzene rings is 1. The summed E-state index contributed by atoms with van der Waals surface area (Å²) in [6.45, 7) is 0. The third-order valence-corrected chi connectivity index (χ3v) is 5.62. The van der Waals surface area contributed by atoms with Crippen molar-refractivity contribution in [2.24, 2.45) is 0 Å². The van der Waals surface area contributed by atoms with Crippen LogP contribution in [0.1, 0.15) is 19.3 Å². The first-order valence-corrected chi connectivity index (χ1v) is 8.94. The zero-order chi connectivity index (χ0) is 14.9. The minimum atomic E-state index is -3.00. The Hall–Kier alpha value is -1.82. The normalized spacial score (nSPS) is 22.3. The average Bonchev–Trinajstić information content (AvgIpc) is 3.09. The summed E-state index contributed by atoms with van der Waals surface area (Å²) in [6, 6.07) is 7.75. The highest BCUT2D eigenvalue weighted by Gasteiger charge is 2.34. The molecule has 1 aromatic carbocycles. The van der Waals surface area contributed by atoms with E-state index in [1.54, 1.807) is 6.20 Å². The van der Waals surface area contributed by atoms with E-state index < -0.39 is 9.84 Å². The van der Waals surface area contributed by atoms with Crippen LogP contribution in [-0.4, -0.2) is 30.9 Å². The van der Waals surface area contributed by atoms with Gasteiger partial charge in [0.25, 0.3) is 0 Å². The number of hydrogen-bond donors (Lipinski definition) is 1. The maximum Gasteiger partial charge on any atom is 0.181 e. The second kappa shape index (κ2) is 5.52. The molecule has 3 rings (SSSR count). The first kappa shape index (κ1) is 14.1. The molecular formula is C15H18N2O3S. The van der Waals surface area contributed by atoms with Crippen LogP contribution in [0.15, 0.2) is 41.3 Å². The number of anilines is 1. The molecule has 112 valence electrons. The van der Waals surface area contributed by atoms with Gasteiger partial charge in [0.15, 0.2) is 22.0 Å². The summed E-state index contributed by atoms with van der Waals surface area (Å²) < 4.78 is 28.8. The molecular weight excluding hydrogens is 288 g/mol. The summed E-state index contributed by atoms with van der Waals surface area (Å²) in [5.41, 5.74) is 1.88. The molecule has 1 heterocycles. The second-order valence-electron chi connectivity index (χ2n) is 5.49. The Bertz CT molecular complexity index is 693. The lowest BCUT2D eigenvalue weighted by Crippen LogP contribution is -2.34. The number of sulfone groups is 1. The van der Waals surface area contributed by atoms with Gasteiger partial charge in [0.1, 0.15) is 0 Å². The van der Waals surface area contributed by atoms with E-state index in [-0.39, 0.29) is 11.3 Å². The van der Waals surface area contributed by atoms with Crippen molar-refractivity contribution in [3.8, 4) is 11.3 Å². The Kier molecular flexibility index (Phi) is 3.71. The maximum atomic E-state index is 11.8. The lowest BCUT2D eigenvalue weighted by molar-refractivity contribution is 0.572. The number of nitrogens with one attached hydrogen (secondary N) is 1. The number of rotatable bonds is 4. The van der Waals surface area contributed by atoms with Gasteiger partial charge in [0, 0.05) is 23.5 Å². The van der Waals surface area contributed by atoms with Crippen molar-refractivity contribution >= 4 is 15.5 Å². The second-order valence-corrected chi connectivity index (χ2v) is 7.76. The van der Waals surface area contributed by atoms with Gasteiger partial charge in [-0.15, -0.1) is 0 Å². The van der Waals surface area contributed by atoms with Crippen LogP contribution < -0.4 is 5.32 Å². The van der Waals surface area contributed by atoms with Gasteiger partial charge in [0.05, 0.1) is 11.4 Å². The Balaban J connectivity index is 1.73. The molecule has 0 radical (unpaired) electrons. The topological polar surface area (TPSA) is 72.2 Å². The van der Waals surface area contributed by atoms with Crippen LogP contribution in [0, 0.1) is 0 Å². The summed E-state index contributed by atoms with van der Waals surface area (Å²) >= 11 is 0. The summed E-state index contributed by atoms with van der Waals surface area (Å²) in [7, 11) is -3.00. The van der Waals surface area contributed by atoms with E-state index in [1.807, 2.05) is 24.3 Å². The van der Waals surface area contributed by atoms with E-state index in [4.69, 9.17) is 4.42 Å². The lowest BCUT2D eigenvalue weighted by atomic mass is 10.1. The third-order valence-electron chi connectivity index (χ3n) is 3.96. The monoisotopic (exact) mass is 306 g/mol. The molecule has 1 saturated carbocycles. The number of nitrogens with zero attached hydrogens (tertiary/aromatic N) is 1. The molecule has 1 aliphatic carbocycles. The molecule has 21 heavy (non-hydrogen) atoms. The number of oxazole rings is 1. The van der Waals surface area contributed by atoms with Gasteiger partial charge in [-0.05, 0) is 43.5 Å². The minimum Gasteiger partial charge on any atom is -0.444 e. The molecule has 6 heteroatoms. The highest BCUT2D eigenvalue weighted by atomic mass is 32.2. The van der Waals surface area contributed by atoms with Crippen molar-refractivity contribution in [1.82, 2.24) is 4.98 Å². The molecule has 1 aromatic heterocycles. The first-order chi connectivity index (χ1) is 10.0. The summed E-state index contributed by atoms with van der Waals surface area (Å²) in [5.74, 6) is 0.719. The van der Waals surface area contributed by atoms with Crippen LogP contribution in [0.25, 0.3) is 11.3 Å². The largest absolute Gasteiger partial charge is 0.444 e. The van der Waals surface area contributed by atoms with Crippen molar-refractivity contribution in [2.75, 3.05) is 11.6 Å². The fourth-order valence-electron chi connectivity index (χ4n) is 2.91. The molecule has 2 aromatic rings. The van der Waals surface area contributed by atoms with E-state index >= 15 is 0 Å². The minimum absolute atomic E-state index is 0.00358. The zero-order valence-electron chi connectivity index (χ0n) is 11.8. The van der Waals surface area contributed by atoms with Gasteiger partial charge in [0.2, 0.25) is 0 Å². The maximum absolute atomic E-state index is 11.8. The average molecular weight is 306 g/mol. The number of hydrogen-bond acceptors (Lipinski definition) is 5. The molecule has 2 atom stereocenters. The van der Waals surface area contributed by atoms with Crippen molar-refractivity contribution in [1.29, 1.82) is 0 Å². The highest BCUT2D eigenvalue weighted by Crippen LogP contribution is 2.29. The molecule has 1 aliphatic rings. The van der Waals surface area contributed by atoms with Crippen molar-refractivity contribution in [3.63, 3.8) is 0 Å². The predicted octanol–water partition coefficient (Wildman–Crippen LogP) is 2.72. The Morgan fingerprint density at radius 3 is 2.62 bits per heavy atom. The quantitative estimate of drug-likeness (QED) is 0.940. The van der Waals surface area contributed by atoms with E-state index in [1.165, 1.54) is 12.6 Å². The van der Waals surface area contributed by atoms with Gasteiger partial charge in [-0.1, -0.05) is 0 Å². The van der Waals surface area contributed by atoms with Crippen molar-refractivity contribution < 1.29 is 12.8 Å². The molecule has 5 nitrogen and oxygen atoms in total. The fourth-order valence-corrected chi connectivity index (χ4v) is 4.30. The zero-order valence-corrected chi connectivity index (χ0v) is 12.6. The Morgan fingerprint density at radius 1 is 1.24 bits per heavy atom. The smallest absolute Gasteiger partial charge is 0.181 e. The molecule has 0 amide bonds. The predicted molar refractivity (Wildman–Crippen MR) is 81.8 cm³/mol. The van der Waals surface area contributed by atoms with Crippen LogP contribution in [0.2, 0.25) is 0 Å². The molecule has 1 fully saturated rings. The van der Waals surface area contributed by atoms with Gasteiger partial charge in [-0.25, -0.2) is 13.4 Å². The van der Waals surface area contributed by atoms with Gasteiger partial charge in [-0.3, -0.25) is 0 Å². The van der Waals surface area contributed by atoms with Gasteiger partial charge < -0.3 is 9.73 Å². The van der Waals surface area contributed by atoms with Crippen LogP contribution in [0.5, 0.6) is 0 Å². The van der Waals surface area contributed by atoms with E-state index in [0.29, 0.717) is 0 Å². The molecule has 1 N–H and O–H groups in total. The standard InChI is InChI=1S/C15H18N2O3S/c1-21(18,19)15-4-2-3-13(15)17-12-7-5-11(6-8-12)14-9-16-10-20-14/h5-10,13,15,17H,2-4H2,1H3. The highest BCUT2D eigenvalue weighted by molar-refractivity contribution is 7.91. The van der Waals surface area contributed by atoms with Gasteiger partial charge in [-0.2, -0.15) is 0 Å². The molecule has 0 saturated heterocycles. The summed E-state index contributed by atoms with van der Waals surface area (Å²) in [6.07, 6.45) is 6.97. The van der Waals surface area contributed by atoms with Crippen LogP contribution >= 0.6 is 0 Å².